The summed E-state index contributed by atoms with van der Waals surface area (Å²) in [6, 6.07) is 7.14. The molecule has 0 spiro atoms. The normalized spacial score (nSPS) is 20.1. The fraction of sp³-hybridized carbons (Fsp3) is 0.625. The second-order valence-corrected chi connectivity index (χ2v) is 5.84. The van der Waals surface area contributed by atoms with Crippen LogP contribution in [-0.2, 0) is 5.41 Å². The highest BCUT2D eigenvalue weighted by atomic mass is 16.5. The Kier molecular flexibility index (Phi) is 3.96. The van der Waals surface area contributed by atoms with Crippen LogP contribution in [0.25, 0.3) is 0 Å². The first-order valence-electron chi connectivity index (χ1n) is 7.00. The molecule has 0 bridgehead atoms. The summed E-state index contributed by atoms with van der Waals surface area (Å²) >= 11 is 0. The number of benzene rings is 1. The van der Waals surface area contributed by atoms with E-state index in [1.54, 1.807) is 7.11 Å². The van der Waals surface area contributed by atoms with Crippen molar-refractivity contribution in [3.8, 4) is 5.75 Å². The van der Waals surface area contributed by atoms with Crippen molar-refractivity contribution in [3.63, 3.8) is 0 Å². The first-order chi connectivity index (χ1) is 8.58. The molecule has 18 heavy (non-hydrogen) atoms. The van der Waals surface area contributed by atoms with Crippen LogP contribution in [0.5, 0.6) is 5.75 Å². The van der Waals surface area contributed by atoms with Crippen LogP contribution in [0.3, 0.4) is 0 Å². The molecule has 1 fully saturated rings. The first-order valence-corrected chi connectivity index (χ1v) is 7.00. The van der Waals surface area contributed by atoms with Crippen molar-refractivity contribution in [2.75, 3.05) is 13.7 Å². The topological polar surface area (TPSA) is 21.3 Å². The summed E-state index contributed by atoms with van der Waals surface area (Å²) in [4.78, 5) is 0. The van der Waals surface area contributed by atoms with Crippen LogP contribution in [0, 0.1) is 0 Å². The first kappa shape index (κ1) is 13.4. The van der Waals surface area contributed by atoms with E-state index in [1.807, 2.05) is 0 Å². The van der Waals surface area contributed by atoms with Crippen molar-refractivity contribution in [3.05, 3.63) is 29.3 Å². The van der Waals surface area contributed by atoms with E-state index in [0.717, 1.165) is 18.7 Å². The van der Waals surface area contributed by atoms with Gasteiger partial charge in [-0.25, -0.2) is 0 Å². The Morgan fingerprint density at radius 2 is 2.17 bits per heavy atom. The molecular formula is C16H25NO. The van der Waals surface area contributed by atoms with Crippen LogP contribution in [0.4, 0.5) is 0 Å². The summed E-state index contributed by atoms with van der Waals surface area (Å²) < 4.78 is 5.52. The van der Waals surface area contributed by atoms with Gasteiger partial charge >= 0.3 is 0 Å². The number of methoxy groups -OCH3 is 1. The zero-order valence-corrected chi connectivity index (χ0v) is 12.0. The van der Waals surface area contributed by atoms with Crippen molar-refractivity contribution in [1.29, 1.82) is 0 Å². The summed E-state index contributed by atoms with van der Waals surface area (Å²) in [5, 5.41) is 3.56. The average Bonchev–Trinajstić information content (AvgIpc) is 2.91. The molecule has 1 heterocycles. The second kappa shape index (κ2) is 5.31. The summed E-state index contributed by atoms with van der Waals surface area (Å²) in [7, 11) is 1.76. The van der Waals surface area contributed by atoms with E-state index in [0.29, 0.717) is 6.04 Å². The molecule has 2 rings (SSSR count). The molecule has 2 heteroatoms. The highest BCUT2D eigenvalue weighted by molar-refractivity contribution is 5.42. The van der Waals surface area contributed by atoms with Crippen LogP contribution >= 0.6 is 0 Å². The Bertz CT molecular complexity index is 406. The highest BCUT2D eigenvalue weighted by Gasteiger charge is 2.24. The summed E-state index contributed by atoms with van der Waals surface area (Å²) in [6.07, 6.45) is 3.62. The van der Waals surface area contributed by atoms with Gasteiger partial charge < -0.3 is 10.1 Å². The Balaban J connectivity index is 2.38. The van der Waals surface area contributed by atoms with Crippen molar-refractivity contribution in [2.24, 2.45) is 0 Å². The van der Waals surface area contributed by atoms with E-state index in [-0.39, 0.29) is 5.41 Å². The third-order valence-corrected chi connectivity index (χ3v) is 4.33. The Morgan fingerprint density at radius 3 is 2.72 bits per heavy atom. The standard InChI is InChI=1S/C16H25NO/c1-5-16(2,3)12-8-9-15(18-4)13(11-12)14-7-6-10-17-14/h8-9,11,14,17H,5-7,10H2,1-4H3. The van der Waals surface area contributed by atoms with Gasteiger partial charge in [-0.05, 0) is 48.9 Å². The number of hydrogen-bond donors (Lipinski definition) is 1. The summed E-state index contributed by atoms with van der Waals surface area (Å²) in [5.74, 6) is 1.02. The van der Waals surface area contributed by atoms with Gasteiger partial charge in [-0.2, -0.15) is 0 Å². The predicted molar refractivity (Wildman–Crippen MR) is 76.3 cm³/mol. The minimum Gasteiger partial charge on any atom is -0.496 e. The molecule has 1 saturated heterocycles. The highest BCUT2D eigenvalue weighted by Crippen LogP contribution is 2.35. The third kappa shape index (κ3) is 2.54. The maximum atomic E-state index is 5.52. The molecule has 0 aliphatic carbocycles. The van der Waals surface area contributed by atoms with E-state index in [1.165, 1.54) is 24.0 Å². The quantitative estimate of drug-likeness (QED) is 0.873. The van der Waals surface area contributed by atoms with Gasteiger partial charge in [0.25, 0.3) is 0 Å². The minimum atomic E-state index is 0.236. The van der Waals surface area contributed by atoms with Crippen molar-refractivity contribution in [1.82, 2.24) is 5.32 Å². The Morgan fingerprint density at radius 1 is 1.39 bits per heavy atom. The van der Waals surface area contributed by atoms with Crippen LogP contribution in [0.1, 0.15) is 57.2 Å². The fourth-order valence-corrected chi connectivity index (χ4v) is 2.58. The van der Waals surface area contributed by atoms with Crippen molar-refractivity contribution in [2.45, 2.75) is 51.5 Å². The van der Waals surface area contributed by atoms with E-state index in [9.17, 15) is 0 Å². The van der Waals surface area contributed by atoms with Gasteiger partial charge in [0.05, 0.1) is 7.11 Å². The van der Waals surface area contributed by atoms with Crippen molar-refractivity contribution < 1.29 is 4.74 Å². The zero-order chi connectivity index (χ0) is 13.2. The molecule has 100 valence electrons. The van der Waals surface area contributed by atoms with Gasteiger partial charge in [0.15, 0.2) is 0 Å². The lowest BCUT2D eigenvalue weighted by molar-refractivity contribution is 0.402. The molecule has 0 amide bonds. The van der Waals surface area contributed by atoms with Crippen molar-refractivity contribution >= 4 is 0 Å². The lowest BCUT2D eigenvalue weighted by atomic mass is 9.81. The second-order valence-electron chi connectivity index (χ2n) is 5.84. The molecule has 1 aromatic rings. The number of hydrogen-bond acceptors (Lipinski definition) is 2. The molecule has 1 aliphatic rings. The molecule has 0 radical (unpaired) electrons. The van der Waals surface area contributed by atoms with Crippen LogP contribution in [0.15, 0.2) is 18.2 Å². The molecule has 1 aliphatic heterocycles. The van der Waals surface area contributed by atoms with Gasteiger partial charge in [-0.1, -0.05) is 26.8 Å². The maximum Gasteiger partial charge on any atom is 0.123 e. The van der Waals surface area contributed by atoms with E-state index in [4.69, 9.17) is 4.74 Å². The zero-order valence-electron chi connectivity index (χ0n) is 12.0. The number of nitrogens with one attached hydrogen (secondary N) is 1. The van der Waals surface area contributed by atoms with Crippen LogP contribution in [-0.4, -0.2) is 13.7 Å². The molecule has 0 saturated carbocycles. The largest absolute Gasteiger partial charge is 0.496 e. The molecule has 1 unspecified atom stereocenters. The fourth-order valence-electron chi connectivity index (χ4n) is 2.58. The van der Waals surface area contributed by atoms with Gasteiger partial charge in [0.1, 0.15) is 5.75 Å². The molecule has 1 atom stereocenters. The van der Waals surface area contributed by atoms with E-state index < -0.39 is 0 Å². The average molecular weight is 247 g/mol. The van der Waals surface area contributed by atoms with E-state index >= 15 is 0 Å². The monoisotopic (exact) mass is 247 g/mol. The predicted octanol–water partition coefficient (Wildman–Crippen LogP) is 3.81. The van der Waals surface area contributed by atoms with Crippen LogP contribution < -0.4 is 10.1 Å². The third-order valence-electron chi connectivity index (χ3n) is 4.33. The summed E-state index contributed by atoms with van der Waals surface area (Å²) in [5.41, 5.74) is 2.98. The summed E-state index contributed by atoms with van der Waals surface area (Å²) in [6.45, 7) is 7.98. The van der Waals surface area contributed by atoms with Gasteiger partial charge in [-0.15, -0.1) is 0 Å². The smallest absolute Gasteiger partial charge is 0.123 e. The number of rotatable bonds is 4. The molecular weight excluding hydrogens is 222 g/mol. The SMILES string of the molecule is CCC(C)(C)c1ccc(OC)c(C2CCCN2)c1. The van der Waals surface area contributed by atoms with Gasteiger partial charge in [0, 0.05) is 11.6 Å². The Hall–Kier alpha value is -1.02. The van der Waals surface area contributed by atoms with Gasteiger partial charge in [-0.3, -0.25) is 0 Å². The Labute approximate surface area is 111 Å². The lowest BCUT2D eigenvalue weighted by Crippen LogP contribution is -2.18. The maximum absolute atomic E-state index is 5.52. The molecule has 1 N–H and O–H groups in total. The van der Waals surface area contributed by atoms with Gasteiger partial charge in [0.2, 0.25) is 0 Å². The minimum absolute atomic E-state index is 0.236. The molecule has 0 aromatic heterocycles. The van der Waals surface area contributed by atoms with Crippen LogP contribution in [0.2, 0.25) is 0 Å². The van der Waals surface area contributed by atoms with E-state index in [2.05, 4.69) is 44.3 Å². The molecule has 2 nitrogen and oxygen atoms in total. The lowest BCUT2D eigenvalue weighted by Gasteiger charge is -2.26. The number of ether oxygens (including phenoxy) is 1. The molecule has 1 aromatic carbocycles.